The minimum absolute atomic E-state index is 0.00604. The number of fused-ring (bicyclic) bond motifs is 1. The summed E-state index contributed by atoms with van der Waals surface area (Å²) in [6.07, 6.45) is 5.56. The second kappa shape index (κ2) is 14.4. The molecule has 2 aromatic carbocycles. The number of likely N-dealkylation sites (tertiary alicyclic amines) is 1. The number of benzene rings is 2. The van der Waals surface area contributed by atoms with Gasteiger partial charge in [-0.15, -0.1) is 11.3 Å². The Morgan fingerprint density at radius 1 is 1.20 bits per heavy atom. The largest absolute Gasteiger partial charge is 0.493 e. The molecular weight excluding hydrogens is 614 g/mol. The number of hydrogen-bond acceptors (Lipinski definition) is 11. The van der Waals surface area contributed by atoms with Gasteiger partial charge in [0.15, 0.2) is 16.6 Å². The highest BCUT2D eigenvalue weighted by atomic mass is 32.1. The average molecular weight is 647 g/mol. The number of halogens is 1. The summed E-state index contributed by atoms with van der Waals surface area (Å²) in [5.74, 6) is 0.806. The van der Waals surface area contributed by atoms with Crippen molar-refractivity contribution >= 4 is 52.6 Å². The molecule has 1 aliphatic heterocycles. The maximum atomic E-state index is 13.4. The Kier molecular flexibility index (Phi) is 10.4. The molecule has 0 bridgehead atoms. The molecule has 1 atom stereocenters. The molecule has 0 aliphatic carbocycles. The fourth-order valence-corrected chi connectivity index (χ4v) is 6.10. The van der Waals surface area contributed by atoms with Crippen LogP contribution in [0.25, 0.3) is 10.9 Å². The van der Waals surface area contributed by atoms with Crippen molar-refractivity contribution in [3.8, 4) is 11.5 Å². The highest BCUT2D eigenvalue weighted by Crippen LogP contribution is 2.37. The van der Waals surface area contributed by atoms with Crippen LogP contribution in [0.1, 0.15) is 24.1 Å². The number of aromatic nitrogens is 3. The summed E-state index contributed by atoms with van der Waals surface area (Å²) in [6, 6.07) is 9.23. The number of carbonyl (C=O) groups is 1. The number of hydrogen-bond donors (Lipinski definition) is 4. The number of nitrogens with one attached hydrogen (secondary N) is 2. The summed E-state index contributed by atoms with van der Waals surface area (Å²) < 4.78 is 40.8. The molecule has 1 saturated heterocycles. The van der Waals surface area contributed by atoms with E-state index in [1.54, 1.807) is 31.5 Å². The molecule has 44 heavy (non-hydrogen) atoms. The lowest BCUT2D eigenvalue weighted by Gasteiger charge is -2.24. The number of rotatable bonds is 14. The van der Waals surface area contributed by atoms with Crippen LogP contribution in [0.15, 0.2) is 48.9 Å². The fourth-order valence-electron chi connectivity index (χ4n) is 4.93. The molecule has 3 heterocycles. The normalized spacial score (nSPS) is 15.4. The van der Waals surface area contributed by atoms with Crippen LogP contribution in [0.5, 0.6) is 11.5 Å². The molecule has 5 rings (SSSR count). The van der Waals surface area contributed by atoms with E-state index in [0.29, 0.717) is 63.5 Å². The molecular formula is C28H32FN6O7PS. The van der Waals surface area contributed by atoms with Crippen LogP contribution >= 0.6 is 19.2 Å². The topological polar surface area (TPSA) is 168 Å². The molecule has 13 nitrogen and oxygen atoms in total. The fraction of sp³-hybridized carbons (Fsp3) is 0.357. The van der Waals surface area contributed by atoms with Crippen molar-refractivity contribution in [1.82, 2.24) is 19.9 Å². The van der Waals surface area contributed by atoms with Crippen LogP contribution in [0.4, 0.5) is 21.0 Å². The van der Waals surface area contributed by atoms with E-state index >= 15 is 0 Å². The van der Waals surface area contributed by atoms with Crippen molar-refractivity contribution in [3.05, 3.63) is 59.6 Å². The summed E-state index contributed by atoms with van der Waals surface area (Å²) >= 11 is 1.30. The van der Waals surface area contributed by atoms with Gasteiger partial charge in [-0.2, -0.15) is 0 Å². The minimum atomic E-state index is -4.49. The lowest BCUT2D eigenvalue weighted by atomic mass is 10.2. The van der Waals surface area contributed by atoms with Crippen molar-refractivity contribution in [1.29, 1.82) is 0 Å². The summed E-state index contributed by atoms with van der Waals surface area (Å²) in [4.78, 5) is 46.4. The predicted octanol–water partition coefficient (Wildman–Crippen LogP) is 4.50. The maximum Gasteiger partial charge on any atom is 0.469 e. The van der Waals surface area contributed by atoms with Gasteiger partial charge in [-0.3, -0.25) is 14.2 Å². The number of thiazole rings is 1. The van der Waals surface area contributed by atoms with Gasteiger partial charge < -0.3 is 29.9 Å². The first-order valence-electron chi connectivity index (χ1n) is 13.8. The predicted molar refractivity (Wildman–Crippen MR) is 163 cm³/mol. The van der Waals surface area contributed by atoms with Crippen LogP contribution in [0.2, 0.25) is 0 Å². The van der Waals surface area contributed by atoms with Crippen LogP contribution in [-0.4, -0.2) is 75.0 Å². The molecule has 16 heteroatoms. The first kappa shape index (κ1) is 31.7. The Morgan fingerprint density at radius 2 is 2.07 bits per heavy atom. The summed E-state index contributed by atoms with van der Waals surface area (Å²) in [6.45, 7) is 1.93. The molecule has 0 radical (unpaired) electrons. The lowest BCUT2D eigenvalue weighted by Crippen LogP contribution is -2.34. The number of carbonyl (C=O) groups excluding carboxylic acids is 1. The van der Waals surface area contributed by atoms with E-state index in [4.69, 9.17) is 23.8 Å². The lowest BCUT2D eigenvalue weighted by molar-refractivity contribution is -0.115. The van der Waals surface area contributed by atoms with Crippen molar-refractivity contribution in [2.75, 3.05) is 44.0 Å². The van der Waals surface area contributed by atoms with Gasteiger partial charge >= 0.3 is 7.82 Å². The zero-order valence-electron chi connectivity index (χ0n) is 23.8. The van der Waals surface area contributed by atoms with E-state index in [9.17, 15) is 13.8 Å². The van der Waals surface area contributed by atoms with Crippen LogP contribution in [-0.2, 0) is 20.3 Å². The third-order valence-corrected chi connectivity index (χ3v) is 8.32. The summed E-state index contributed by atoms with van der Waals surface area (Å²) in [7, 11) is -2.95. The average Bonchev–Trinajstić information content (AvgIpc) is 3.62. The molecule has 0 unspecified atom stereocenters. The number of phosphoric acid groups is 1. The van der Waals surface area contributed by atoms with Crippen molar-refractivity contribution in [3.63, 3.8) is 0 Å². The van der Waals surface area contributed by atoms with E-state index in [-0.39, 0.29) is 25.0 Å². The zero-order valence-corrected chi connectivity index (χ0v) is 25.5. The number of phosphoric ester groups is 1. The first-order valence-corrected chi connectivity index (χ1v) is 16.2. The molecule has 1 aliphatic rings. The Labute approximate surface area is 256 Å². The Morgan fingerprint density at radius 3 is 2.86 bits per heavy atom. The van der Waals surface area contributed by atoms with Gasteiger partial charge in [-0.1, -0.05) is 6.07 Å². The van der Waals surface area contributed by atoms with Crippen LogP contribution in [0.3, 0.4) is 0 Å². The van der Waals surface area contributed by atoms with E-state index in [1.807, 2.05) is 0 Å². The van der Waals surface area contributed by atoms with Gasteiger partial charge in [0.2, 0.25) is 5.91 Å². The quantitative estimate of drug-likeness (QED) is 0.112. The maximum absolute atomic E-state index is 13.4. The van der Waals surface area contributed by atoms with E-state index < -0.39 is 13.6 Å². The van der Waals surface area contributed by atoms with Gasteiger partial charge in [0.1, 0.15) is 18.0 Å². The zero-order chi connectivity index (χ0) is 31.1. The van der Waals surface area contributed by atoms with Gasteiger partial charge in [0.05, 0.1) is 32.3 Å². The van der Waals surface area contributed by atoms with Crippen LogP contribution in [0, 0.1) is 5.82 Å². The van der Waals surface area contributed by atoms with E-state index in [0.717, 1.165) is 19.4 Å². The third kappa shape index (κ3) is 8.68. The molecule has 0 saturated carbocycles. The van der Waals surface area contributed by atoms with E-state index in [2.05, 4.69) is 30.5 Å². The number of anilines is 3. The van der Waals surface area contributed by atoms with Crippen molar-refractivity contribution in [2.24, 2.45) is 0 Å². The Hall–Kier alpha value is -3.72. The smallest absolute Gasteiger partial charge is 0.469 e. The first-order chi connectivity index (χ1) is 21.2. The van der Waals surface area contributed by atoms with E-state index in [1.165, 1.54) is 35.9 Å². The standard InChI is InChI=1S/C28H32FN6O7PS/c1-40-24-13-22-23(14-25(24)41-10-4-9-35-8-3-7-20(35)16-42-43(37,38)39)31-17-32-27(22)34-28-30-15-21(44-28)12-26(36)33-19-6-2-5-18(29)11-19/h2,5-6,11,13-15,17,20H,3-4,7-10,12,16H2,1H3,(H,33,36)(H2,37,38,39)(H,30,31,32,34)/t20-/m0/s1. The third-order valence-electron chi connectivity index (χ3n) is 6.92. The summed E-state index contributed by atoms with van der Waals surface area (Å²) in [5, 5.41) is 7.08. The molecule has 2 aromatic heterocycles. The van der Waals surface area contributed by atoms with Crippen molar-refractivity contribution < 1.29 is 37.5 Å². The molecule has 0 spiro atoms. The molecule has 1 amide bonds. The highest BCUT2D eigenvalue weighted by molar-refractivity contribution is 7.46. The number of nitrogens with zero attached hydrogens (tertiary/aromatic N) is 4. The molecule has 234 valence electrons. The van der Waals surface area contributed by atoms with Gasteiger partial charge in [-0.05, 0) is 50.1 Å². The summed E-state index contributed by atoms with van der Waals surface area (Å²) in [5.41, 5.74) is 1.01. The molecule has 4 aromatic rings. The van der Waals surface area contributed by atoms with Gasteiger partial charge in [-0.25, -0.2) is 23.9 Å². The molecule has 1 fully saturated rings. The second-order valence-corrected chi connectivity index (χ2v) is 12.4. The number of ether oxygens (including phenoxy) is 2. The van der Waals surface area contributed by atoms with Gasteiger partial charge in [0.25, 0.3) is 0 Å². The number of amides is 1. The SMILES string of the molecule is COc1cc2c(Nc3ncc(CC(=O)Nc4cccc(F)c4)s3)ncnc2cc1OCCCN1CCC[C@H]1COP(=O)(O)O. The molecule has 4 N–H and O–H groups in total. The van der Waals surface area contributed by atoms with Crippen LogP contribution < -0.4 is 20.1 Å². The Balaban J connectivity index is 1.18. The monoisotopic (exact) mass is 646 g/mol. The Bertz CT molecular complexity index is 1650. The highest BCUT2D eigenvalue weighted by Gasteiger charge is 2.27. The number of methoxy groups -OCH3 is 1. The van der Waals surface area contributed by atoms with Gasteiger partial charge in [0, 0.05) is 40.8 Å². The second-order valence-electron chi connectivity index (χ2n) is 10.1. The minimum Gasteiger partial charge on any atom is -0.493 e. The van der Waals surface area contributed by atoms with Crippen molar-refractivity contribution in [2.45, 2.75) is 31.7 Å².